The van der Waals surface area contributed by atoms with E-state index in [1.165, 1.54) is 31.2 Å². The molecule has 1 aliphatic rings. The van der Waals surface area contributed by atoms with Gasteiger partial charge in [0.1, 0.15) is 0 Å². The molecule has 2 aromatic rings. The van der Waals surface area contributed by atoms with Crippen molar-refractivity contribution in [3.05, 3.63) is 46.1 Å². The summed E-state index contributed by atoms with van der Waals surface area (Å²) in [4.78, 5) is 4.48. The minimum absolute atomic E-state index is 0.487. The summed E-state index contributed by atoms with van der Waals surface area (Å²) in [6.07, 6.45) is 10.2. The van der Waals surface area contributed by atoms with Crippen molar-refractivity contribution in [3.63, 3.8) is 0 Å². The number of halogens is 1. The van der Waals surface area contributed by atoms with Crippen LogP contribution >= 0.6 is 15.9 Å². The number of nitrogens with one attached hydrogen (secondary N) is 2. The number of hydrogen-bond donors (Lipinski definition) is 2. The summed E-state index contributed by atoms with van der Waals surface area (Å²) < 4.78 is 0.980. The highest BCUT2D eigenvalue weighted by Gasteiger charge is 2.06. The Morgan fingerprint density at radius 3 is 2.96 bits per heavy atom. The third-order valence-corrected chi connectivity index (χ3v) is 4.72. The number of benzene rings is 1. The second-order valence-corrected chi connectivity index (χ2v) is 6.91. The fourth-order valence-electron chi connectivity index (χ4n) is 2.77. The van der Waals surface area contributed by atoms with Gasteiger partial charge in [0, 0.05) is 11.0 Å². The maximum Gasteiger partial charge on any atom is 0.249 e. The van der Waals surface area contributed by atoms with Gasteiger partial charge < -0.3 is 10.6 Å². The van der Waals surface area contributed by atoms with Gasteiger partial charge in [-0.3, -0.25) is 0 Å². The SMILES string of the molecule is Cc1ccc(Nc2nncc(NCCC3=CCCCC3)n2)c(Br)c1. The van der Waals surface area contributed by atoms with Gasteiger partial charge in [-0.05, 0) is 72.7 Å². The van der Waals surface area contributed by atoms with Crippen LogP contribution in [-0.2, 0) is 0 Å². The summed E-state index contributed by atoms with van der Waals surface area (Å²) >= 11 is 3.55. The molecular weight excluding hydrogens is 366 g/mol. The topological polar surface area (TPSA) is 62.7 Å². The van der Waals surface area contributed by atoms with Crippen LogP contribution in [0.2, 0.25) is 0 Å². The van der Waals surface area contributed by atoms with Crippen LogP contribution in [0.1, 0.15) is 37.7 Å². The first kappa shape index (κ1) is 16.9. The van der Waals surface area contributed by atoms with Crippen molar-refractivity contribution in [2.24, 2.45) is 0 Å². The van der Waals surface area contributed by atoms with Crippen LogP contribution in [0.15, 0.2) is 40.5 Å². The molecule has 3 rings (SSSR count). The molecule has 1 heterocycles. The monoisotopic (exact) mass is 387 g/mol. The van der Waals surface area contributed by atoms with E-state index in [1.54, 1.807) is 11.8 Å². The Kier molecular flexibility index (Phi) is 5.80. The molecule has 0 bridgehead atoms. The summed E-state index contributed by atoms with van der Waals surface area (Å²) in [6, 6.07) is 6.09. The molecule has 1 aromatic heterocycles. The Morgan fingerprint density at radius 1 is 1.25 bits per heavy atom. The molecule has 0 saturated heterocycles. The van der Waals surface area contributed by atoms with Crippen LogP contribution in [0.5, 0.6) is 0 Å². The van der Waals surface area contributed by atoms with E-state index in [-0.39, 0.29) is 0 Å². The number of nitrogens with zero attached hydrogens (tertiary/aromatic N) is 3. The summed E-state index contributed by atoms with van der Waals surface area (Å²) in [6.45, 7) is 2.93. The van der Waals surface area contributed by atoms with Gasteiger partial charge in [0.05, 0.1) is 11.9 Å². The molecule has 0 spiro atoms. The number of rotatable bonds is 6. The molecule has 126 valence electrons. The van der Waals surface area contributed by atoms with Gasteiger partial charge in [0.2, 0.25) is 5.95 Å². The average Bonchev–Trinajstić information content (AvgIpc) is 2.59. The zero-order chi connectivity index (χ0) is 16.8. The number of hydrogen-bond acceptors (Lipinski definition) is 5. The van der Waals surface area contributed by atoms with E-state index in [9.17, 15) is 0 Å². The summed E-state index contributed by atoms with van der Waals surface area (Å²) in [7, 11) is 0. The van der Waals surface area contributed by atoms with Crippen molar-refractivity contribution in [2.45, 2.75) is 39.0 Å². The Hall–Kier alpha value is -1.95. The fourth-order valence-corrected chi connectivity index (χ4v) is 3.36. The van der Waals surface area contributed by atoms with E-state index in [4.69, 9.17) is 0 Å². The zero-order valence-corrected chi connectivity index (χ0v) is 15.4. The second kappa shape index (κ2) is 8.24. The molecule has 0 atom stereocenters. The minimum atomic E-state index is 0.487. The molecule has 1 aliphatic carbocycles. The number of anilines is 3. The molecular formula is C18H22BrN5. The Labute approximate surface area is 151 Å². The van der Waals surface area contributed by atoms with Gasteiger partial charge in [-0.1, -0.05) is 17.7 Å². The number of allylic oxidation sites excluding steroid dienone is 1. The van der Waals surface area contributed by atoms with Crippen LogP contribution in [-0.4, -0.2) is 21.7 Å². The van der Waals surface area contributed by atoms with Crippen LogP contribution in [0.3, 0.4) is 0 Å². The van der Waals surface area contributed by atoms with Gasteiger partial charge in [-0.2, -0.15) is 10.1 Å². The van der Waals surface area contributed by atoms with E-state index in [2.05, 4.69) is 60.8 Å². The zero-order valence-electron chi connectivity index (χ0n) is 13.8. The highest BCUT2D eigenvalue weighted by Crippen LogP contribution is 2.25. The molecule has 5 nitrogen and oxygen atoms in total. The predicted molar refractivity (Wildman–Crippen MR) is 102 cm³/mol. The van der Waals surface area contributed by atoms with Crippen molar-refractivity contribution in [1.82, 2.24) is 15.2 Å². The third-order valence-electron chi connectivity index (χ3n) is 4.07. The molecule has 0 saturated carbocycles. The number of aryl methyl sites for hydroxylation is 1. The van der Waals surface area contributed by atoms with E-state index in [0.29, 0.717) is 5.95 Å². The lowest BCUT2D eigenvalue weighted by atomic mass is 9.97. The smallest absolute Gasteiger partial charge is 0.249 e. The van der Waals surface area contributed by atoms with Crippen molar-refractivity contribution in [1.29, 1.82) is 0 Å². The minimum Gasteiger partial charge on any atom is -0.368 e. The molecule has 0 radical (unpaired) electrons. The standard InChI is InChI=1S/C18H22BrN5/c1-13-7-8-16(15(19)11-13)22-18-23-17(12-21-24-18)20-10-9-14-5-3-2-4-6-14/h5,7-8,11-12H,2-4,6,9-10H2,1H3,(H2,20,22,23,24). The van der Waals surface area contributed by atoms with E-state index in [1.807, 2.05) is 12.1 Å². The highest BCUT2D eigenvalue weighted by atomic mass is 79.9. The lowest BCUT2D eigenvalue weighted by Crippen LogP contribution is -2.08. The summed E-state index contributed by atoms with van der Waals surface area (Å²) in [5, 5.41) is 14.6. The summed E-state index contributed by atoms with van der Waals surface area (Å²) in [5.41, 5.74) is 3.67. The van der Waals surface area contributed by atoms with Gasteiger partial charge in [-0.15, -0.1) is 5.10 Å². The maximum absolute atomic E-state index is 4.48. The van der Waals surface area contributed by atoms with Gasteiger partial charge in [0.25, 0.3) is 0 Å². The first-order valence-electron chi connectivity index (χ1n) is 8.35. The Morgan fingerprint density at radius 2 is 2.17 bits per heavy atom. The first-order chi connectivity index (χ1) is 11.7. The number of aromatic nitrogens is 3. The van der Waals surface area contributed by atoms with E-state index < -0.39 is 0 Å². The van der Waals surface area contributed by atoms with E-state index >= 15 is 0 Å². The average molecular weight is 388 g/mol. The molecule has 0 aliphatic heterocycles. The second-order valence-electron chi connectivity index (χ2n) is 6.06. The Balaban J connectivity index is 1.58. The molecule has 0 amide bonds. The normalized spacial score (nSPS) is 14.2. The van der Waals surface area contributed by atoms with Gasteiger partial charge in [-0.25, -0.2) is 0 Å². The predicted octanol–water partition coefficient (Wildman–Crippen LogP) is 4.99. The quantitative estimate of drug-likeness (QED) is 0.683. The van der Waals surface area contributed by atoms with Gasteiger partial charge >= 0.3 is 0 Å². The van der Waals surface area contributed by atoms with Crippen LogP contribution in [0, 0.1) is 6.92 Å². The highest BCUT2D eigenvalue weighted by molar-refractivity contribution is 9.10. The first-order valence-corrected chi connectivity index (χ1v) is 9.15. The van der Waals surface area contributed by atoms with Crippen molar-refractivity contribution < 1.29 is 0 Å². The molecule has 24 heavy (non-hydrogen) atoms. The largest absolute Gasteiger partial charge is 0.368 e. The van der Waals surface area contributed by atoms with Gasteiger partial charge in [0.15, 0.2) is 5.82 Å². The maximum atomic E-state index is 4.48. The van der Waals surface area contributed by atoms with Crippen molar-refractivity contribution in [3.8, 4) is 0 Å². The molecule has 6 heteroatoms. The third kappa shape index (κ3) is 4.77. The Bertz CT molecular complexity index is 729. The fraction of sp³-hybridized carbons (Fsp3) is 0.389. The molecule has 0 fully saturated rings. The van der Waals surface area contributed by atoms with Crippen molar-refractivity contribution in [2.75, 3.05) is 17.2 Å². The lowest BCUT2D eigenvalue weighted by molar-refractivity contribution is 0.679. The molecule has 2 N–H and O–H groups in total. The van der Waals surface area contributed by atoms with E-state index in [0.717, 1.165) is 28.9 Å². The molecule has 0 unspecified atom stereocenters. The van der Waals surface area contributed by atoms with Crippen LogP contribution < -0.4 is 10.6 Å². The molecule has 1 aromatic carbocycles. The summed E-state index contributed by atoms with van der Waals surface area (Å²) in [5.74, 6) is 1.23. The lowest BCUT2D eigenvalue weighted by Gasteiger charge is -2.13. The van der Waals surface area contributed by atoms with Crippen molar-refractivity contribution >= 4 is 33.4 Å². The van der Waals surface area contributed by atoms with Crippen LogP contribution in [0.25, 0.3) is 0 Å². The van der Waals surface area contributed by atoms with Crippen LogP contribution in [0.4, 0.5) is 17.5 Å².